The first kappa shape index (κ1) is 23.5. The van der Waals surface area contributed by atoms with Gasteiger partial charge in [0.2, 0.25) is 11.8 Å². The number of carbonyl (C=O) groups excluding carboxylic acids is 2. The van der Waals surface area contributed by atoms with Gasteiger partial charge in [-0.3, -0.25) is 9.59 Å². The molecular weight excluding hydrogens is 431 g/mol. The van der Waals surface area contributed by atoms with Crippen LogP contribution in [0.4, 0.5) is 0 Å². The minimum Gasteiger partial charge on any atom is -0.352 e. The maximum absolute atomic E-state index is 13.1. The highest BCUT2D eigenvalue weighted by molar-refractivity contribution is 6.42. The lowest BCUT2D eigenvalue weighted by Crippen LogP contribution is -2.49. The number of hydrogen-bond acceptors (Lipinski definition) is 2. The van der Waals surface area contributed by atoms with E-state index in [0.29, 0.717) is 15.1 Å². The highest BCUT2D eigenvalue weighted by atomic mass is 35.5. The topological polar surface area (TPSA) is 49.4 Å². The van der Waals surface area contributed by atoms with Gasteiger partial charge in [0.25, 0.3) is 0 Å². The second kappa shape index (κ2) is 10.9. The molecule has 29 heavy (non-hydrogen) atoms. The summed E-state index contributed by atoms with van der Waals surface area (Å²) in [5, 5.41) is 4.35. The molecule has 0 bridgehead atoms. The minimum absolute atomic E-state index is 0.0276. The number of nitrogens with one attached hydrogen (secondary N) is 1. The van der Waals surface area contributed by atoms with Crippen LogP contribution in [-0.2, 0) is 22.6 Å². The normalized spacial score (nSPS) is 12.9. The summed E-state index contributed by atoms with van der Waals surface area (Å²) in [5.74, 6) is -0.371. The lowest BCUT2D eigenvalue weighted by atomic mass is 10.1. The van der Waals surface area contributed by atoms with Crippen LogP contribution in [-0.4, -0.2) is 28.8 Å². The van der Waals surface area contributed by atoms with E-state index in [1.807, 2.05) is 19.9 Å². The predicted molar refractivity (Wildman–Crippen MR) is 120 cm³/mol. The Kier molecular flexibility index (Phi) is 8.81. The van der Waals surface area contributed by atoms with Crippen LogP contribution in [0.3, 0.4) is 0 Å². The molecule has 2 atom stereocenters. The molecule has 2 unspecified atom stereocenters. The van der Waals surface area contributed by atoms with E-state index in [0.717, 1.165) is 17.5 Å². The Labute approximate surface area is 187 Å². The van der Waals surface area contributed by atoms with Crippen LogP contribution in [0.1, 0.15) is 38.3 Å². The zero-order valence-corrected chi connectivity index (χ0v) is 19.0. The van der Waals surface area contributed by atoms with Crippen LogP contribution in [0.5, 0.6) is 0 Å². The fourth-order valence-corrected chi connectivity index (χ4v) is 3.34. The molecule has 0 aromatic heterocycles. The van der Waals surface area contributed by atoms with Crippen LogP contribution in [0.15, 0.2) is 42.5 Å². The van der Waals surface area contributed by atoms with Crippen molar-refractivity contribution in [2.75, 3.05) is 0 Å². The molecule has 2 aromatic carbocycles. The zero-order valence-electron chi connectivity index (χ0n) is 16.7. The van der Waals surface area contributed by atoms with E-state index in [9.17, 15) is 9.59 Å². The Morgan fingerprint density at radius 3 is 2.34 bits per heavy atom. The van der Waals surface area contributed by atoms with E-state index in [1.54, 1.807) is 48.2 Å². The Hall–Kier alpha value is -1.75. The molecule has 0 aliphatic rings. The summed E-state index contributed by atoms with van der Waals surface area (Å²) in [5.41, 5.74) is 1.58. The quantitative estimate of drug-likeness (QED) is 0.569. The molecule has 0 saturated carbocycles. The molecule has 0 spiro atoms. The third-order valence-electron chi connectivity index (χ3n) is 4.75. The summed E-state index contributed by atoms with van der Waals surface area (Å²) < 4.78 is 0. The van der Waals surface area contributed by atoms with Crippen molar-refractivity contribution in [1.29, 1.82) is 0 Å². The average Bonchev–Trinajstić information content (AvgIpc) is 2.68. The van der Waals surface area contributed by atoms with Gasteiger partial charge in [-0.2, -0.15) is 0 Å². The fourth-order valence-electron chi connectivity index (χ4n) is 2.81. The van der Waals surface area contributed by atoms with Gasteiger partial charge in [-0.1, -0.05) is 59.9 Å². The number of hydrogen-bond donors (Lipinski definition) is 1. The summed E-state index contributed by atoms with van der Waals surface area (Å²) in [6.45, 7) is 5.89. The van der Waals surface area contributed by atoms with E-state index in [1.165, 1.54) is 0 Å². The monoisotopic (exact) mass is 454 g/mol. The van der Waals surface area contributed by atoms with Crippen LogP contribution < -0.4 is 5.32 Å². The van der Waals surface area contributed by atoms with Gasteiger partial charge in [-0.25, -0.2) is 0 Å². The van der Waals surface area contributed by atoms with Crippen molar-refractivity contribution in [2.45, 2.75) is 52.2 Å². The van der Waals surface area contributed by atoms with E-state index >= 15 is 0 Å². The van der Waals surface area contributed by atoms with Gasteiger partial charge in [0.05, 0.1) is 16.5 Å². The number of rotatable bonds is 8. The van der Waals surface area contributed by atoms with Crippen molar-refractivity contribution in [3.05, 3.63) is 68.7 Å². The van der Waals surface area contributed by atoms with Gasteiger partial charge >= 0.3 is 0 Å². The molecule has 0 fully saturated rings. The average molecular weight is 456 g/mol. The van der Waals surface area contributed by atoms with Crippen molar-refractivity contribution < 1.29 is 9.59 Å². The van der Waals surface area contributed by atoms with Gasteiger partial charge in [0, 0.05) is 17.6 Å². The highest BCUT2D eigenvalue weighted by Gasteiger charge is 2.27. The van der Waals surface area contributed by atoms with Gasteiger partial charge in [-0.15, -0.1) is 0 Å². The summed E-state index contributed by atoms with van der Waals surface area (Å²) in [7, 11) is 0. The smallest absolute Gasteiger partial charge is 0.242 e. The molecule has 0 saturated heterocycles. The van der Waals surface area contributed by atoms with Crippen LogP contribution in [0.25, 0.3) is 0 Å². The molecule has 1 N–H and O–H groups in total. The Morgan fingerprint density at radius 1 is 1.00 bits per heavy atom. The molecule has 156 valence electrons. The molecule has 0 aliphatic heterocycles. The largest absolute Gasteiger partial charge is 0.352 e. The fraction of sp³-hybridized carbons (Fsp3) is 0.364. The molecule has 0 heterocycles. The summed E-state index contributed by atoms with van der Waals surface area (Å²) in [6.07, 6.45) is 0.949. The van der Waals surface area contributed by atoms with Gasteiger partial charge in [0.15, 0.2) is 0 Å². The number of amides is 2. The van der Waals surface area contributed by atoms with Crippen molar-refractivity contribution in [1.82, 2.24) is 10.2 Å². The molecule has 0 radical (unpaired) electrons. The Bertz CT molecular complexity index is 873. The Balaban J connectivity index is 2.26. The molecule has 0 aliphatic carbocycles. The summed E-state index contributed by atoms with van der Waals surface area (Å²) in [6, 6.07) is 11.7. The molecule has 7 heteroatoms. The van der Waals surface area contributed by atoms with Crippen LogP contribution >= 0.6 is 34.8 Å². The van der Waals surface area contributed by atoms with Gasteiger partial charge in [0.1, 0.15) is 6.04 Å². The number of halogens is 3. The maximum Gasteiger partial charge on any atom is 0.242 e. The standard InChI is InChI=1S/C22H25Cl3N2O2/c1-4-14(2)26-22(29)15(3)27(13-17-8-9-19(24)20(25)11-17)21(28)12-16-6-5-7-18(23)10-16/h5-11,14-15H,4,12-13H2,1-3H3,(H,26,29). The maximum atomic E-state index is 13.1. The second-order valence-electron chi connectivity index (χ2n) is 7.07. The minimum atomic E-state index is -0.648. The molecule has 4 nitrogen and oxygen atoms in total. The molecule has 2 amide bonds. The van der Waals surface area contributed by atoms with E-state index in [-0.39, 0.29) is 30.8 Å². The van der Waals surface area contributed by atoms with Crippen molar-refractivity contribution in [3.63, 3.8) is 0 Å². The zero-order chi connectivity index (χ0) is 21.6. The first-order valence-corrected chi connectivity index (χ1v) is 10.6. The lowest BCUT2D eigenvalue weighted by molar-refractivity contribution is -0.140. The second-order valence-corrected chi connectivity index (χ2v) is 8.32. The summed E-state index contributed by atoms with van der Waals surface area (Å²) >= 11 is 18.2. The van der Waals surface area contributed by atoms with Crippen LogP contribution in [0, 0.1) is 0 Å². The first-order valence-electron chi connectivity index (χ1n) is 9.49. The number of carbonyl (C=O) groups is 2. The van der Waals surface area contributed by atoms with E-state index < -0.39 is 6.04 Å². The highest BCUT2D eigenvalue weighted by Crippen LogP contribution is 2.24. The van der Waals surface area contributed by atoms with Gasteiger partial charge < -0.3 is 10.2 Å². The van der Waals surface area contributed by atoms with Crippen molar-refractivity contribution >= 4 is 46.6 Å². The van der Waals surface area contributed by atoms with Gasteiger partial charge in [-0.05, 0) is 55.7 Å². The first-order chi connectivity index (χ1) is 13.7. The predicted octanol–water partition coefficient (Wildman–Crippen LogP) is 5.52. The van der Waals surface area contributed by atoms with Crippen molar-refractivity contribution in [2.24, 2.45) is 0 Å². The van der Waals surface area contributed by atoms with E-state index in [4.69, 9.17) is 34.8 Å². The molecule has 2 aromatic rings. The third kappa shape index (κ3) is 6.91. The SMILES string of the molecule is CCC(C)NC(=O)C(C)N(Cc1ccc(Cl)c(Cl)c1)C(=O)Cc1cccc(Cl)c1. The number of nitrogens with zero attached hydrogens (tertiary/aromatic N) is 1. The van der Waals surface area contributed by atoms with E-state index in [2.05, 4.69) is 5.32 Å². The third-order valence-corrected chi connectivity index (χ3v) is 5.72. The molecule has 2 rings (SSSR count). The number of benzene rings is 2. The van der Waals surface area contributed by atoms with Crippen molar-refractivity contribution in [3.8, 4) is 0 Å². The summed E-state index contributed by atoms with van der Waals surface area (Å²) in [4.78, 5) is 27.4. The van der Waals surface area contributed by atoms with Crippen LogP contribution in [0.2, 0.25) is 15.1 Å². The molecular formula is C22H25Cl3N2O2. The lowest BCUT2D eigenvalue weighted by Gasteiger charge is -2.30. The Morgan fingerprint density at radius 2 is 1.72 bits per heavy atom.